The van der Waals surface area contributed by atoms with E-state index in [1.807, 2.05) is 6.92 Å². The molecule has 200 valence electrons. The van der Waals surface area contributed by atoms with E-state index in [9.17, 15) is 18.1 Å². The predicted molar refractivity (Wildman–Crippen MR) is 143 cm³/mol. The minimum Gasteiger partial charge on any atom is -0.744 e. The van der Waals surface area contributed by atoms with E-state index in [4.69, 9.17) is 0 Å². The maximum atomic E-state index is 10.4. The standard InChI is InChI=1S/C21H46NO.C7H8O3S/c1-6-7-8-9-10-11-12-13-14-15-16-17-18-19-21(23)20(2)22(3,4)5;1-6-2-4-7(5-3-6)11(8,9)10/h20-21,23H,6-19H2,1-5H3;2-5H,1H3,(H,8,9,10)/q+1;/p-1/t20-,21+;/m0./s1. The van der Waals surface area contributed by atoms with Crippen molar-refractivity contribution in [2.24, 2.45) is 0 Å². The zero-order valence-corrected chi connectivity index (χ0v) is 23.7. The van der Waals surface area contributed by atoms with Crippen molar-refractivity contribution >= 4 is 10.1 Å². The average Bonchev–Trinajstić information content (AvgIpc) is 2.75. The van der Waals surface area contributed by atoms with Crippen molar-refractivity contribution in [3.63, 3.8) is 0 Å². The Morgan fingerprint density at radius 1 is 0.794 bits per heavy atom. The first-order valence-corrected chi connectivity index (χ1v) is 14.8. The summed E-state index contributed by atoms with van der Waals surface area (Å²) in [5.74, 6) is 0. The molecule has 0 saturated carbocycles. The summed E-state index contributed by atoms with van der Waals surface area (Å²) in [6, 6.07) is 6.11. The quantitative estimate of drug-likeness (QED) is 0.145. The Morgan fingerprint density at radius 2 is 1.18 bits per heavy atom. The SMILES string of the molecule is CCCCCCCCCCCCCCC[C@@H](O)[C@H](C)[N+](C)(C)C.Cc1ccc(S(=O)(=O)[O-])cc1. The largest absolute Gasteiger partial charge is 0.744 e. The van der Waals surface area contributed by atoms with Gasteiger partial charge in [0.1, 0.15) is 22.3 Å². The fourth-order valence-electron chi connectivity index (χ4n) is 3.83. The maximum Gasteiger partial charge on any atom is 0.124 e. The molecule has 0 aliphatic carbocycles. The van der Waals surface area contributed by atoms with Crippen LogP contribution in [0.15, 0.2) is 29.2 Å². The predicted octanol–water partition coefficient (Wildman–Crippen LogP) is 6.82. The molecule has 6 heteroatoms. The Morgan fingerprint density at radius 3 is 1.53 bits per heavy atom. The molecule has 34 heavy (non-hydrogen) atoms. The number of aryl methyl sites for hydroxylation is 1. The second-order valence-corrected chi connectivity index (χ2v) is 12.1. The van der Waals surface area contributed by atoms with Crippen molar-refractivity contribution in [3.05, 3.63) is 29.8 Å². The molecule has 5 nitrogen and oxygen atoms in total. The fourth-order valence-corrected chi connectivity index (χ4v) is 4.30. The molecule has 1 aromatic carbocycles. The van der Waals surface area contributed by atoms with E-state index >= 15 is 0 Å². The highest BCUT2D eigenvalue weighted by molar-refractivity contribution is 7.85. The minimum atomic E-state index is -4.27. The number of aliphatic hydroxyl groups excluding tert-OH is 1. The van der Waals surface area contributed by atoms with Gasteiger partial charge in [0.15, 0.2) is 0 Å². The van der Waals surface area contributed by atoms with Crippen LogP contribution in [0.1, 0.15) is 109 Å². The summed E-state index contributed by atoms with van der Waals surface area (Å²) in [5, 5.41) is 10.2. The maximum absolute atomic E-state index is 10.4. The van der Waals surface area contributed by atoms with Crippen LogP contribution < -0.4 is 0 Å². The van der Waals surface area contributed by atoms with Gasteiger partial charge >= 0.3 is 0 Å². The van der Waals surface area contributed by atoms with Crippen molar-refractivity contribution < 1.29 is 22.6 Å². The van der Waals surface area contributed by atoms with Crippen molar-refractivity contribution in [2.45, 2.75) is 128 Å². The van der Waals surface area contributed by atoms with Crippen LogP contribution in [0.2, 0.25) is 0 Å². The smallest absolute Gasteiger partial charge is 0.124 e. The van der Waals surface area contributed by atoms with Gasteiger partial charge in [-0.2, -0.15) is 0 Å². The lowest BCUT2D eigenvalue weighted by Gasteiger charge is -2.34. The van der Waals surface area contributed by atoms with Gasteiger partial charge in [-0.3, -0.25) is 0 Å². The first kappa shape index (κ1) is 33.0. The molecule has 0 saturated heterocycles. The van der Waals surface area contributed by atoms with Crippen LogP contribution in [0.5, 0.6) is 0 Å². The summed E-state index contributed by atoms with van der Waals surface area (Å²) in [6.45, 7) is 6.26. The van der Waals surface area contributed by atoms with E-state index in [1.165, 1.54) is 95.6 Å². The fraction of sp³-hybridized carbons (Fsp3) is 0.786. The van der Waals surface area contributed by atoms with Crippen LogP contribution in [0.3, 0.4) is 0 Å². The number of nitrogens with zero attached hydrogens (tertiary/aromatic N) is 1. The van der Waals surface area contributed by atoms with Gasteiger partial charge in [-0.05, 0) is 32.4 Å². The van der Waals surface area contributed by atoms with E-state index in [0.717, 1.165) is 16.5 Å². The average molecular weight is 500 g/mol. The van der Waals surface area contributed by atoms with Crippen LogP contribution in [-0.4, -0.2) is 55.8 Å². The third kappa shape index (κ3) is 17.5. The van der Waals surface area contributed by atoms with Crippen molar-refractivity contribution in [1.29, 1.82) is 0 Å². The van der Waals surface area contributed by atoms with E-state index < -0.39 is 10.1 Å². The Labute approximate surface area is 211 Å². The molecule has 0 spiro atoms. The van der Waals surface area contributed by atoms with Crippen molar-refractivity contribution in [1.82, 2.24) is 0 Å². The van der Waals surface area contributed by atoms with Crippen LogP contribution in [0.4, 0.5) is 0 Å². The highest BCUT2D eigenvalue weighted by Gasteiger charge is 2.25. The molecule has 0 fully saturated rings. The lowest BCUT2D eigenvalue weighted by molar-refractivity contribution is -0.897. The topological polar surface area (TPSA) is 77.4 Å². The van der Waals surface area contributed by atoms with Crippen LogP contribution in [-0.2, 0) is 10.1 Å². The van der Waals surface area contributed by atoms with Gasteiger partial charge in [-0.1, -0.05) is 108 Å². The van der Waals surface area contributed by atoms with Crippen molar-refractivity contribution in [2.75, 3.05) is 21.1 Å². The molecule has 1 aromatic rings. The van der Waals surface area contributed by atoms with E-state index in [2.05, 4.69) is 35.0 Å². The van der Waals surface area contributed by atoms with Gasteiger partial charge in [-0.15, -0.1) is 0 Å². The second-order valence-electron chi connectivity index (χ2n) is 10.7. The molecule has 0 unspecified atom stereocenters. The van der Waals surface area contributed by atoms with Gasteiger partial charge in [0.2, 0.25) is 0 Å². The van der Waals surface area contributed by atoms with Gasteiger partial charge in [-0.25, -0.2) is 8.42 Å². The molecule has 0 heterocycles. The molecule has 0 aliphatic heterocycles. The number of benzene rings is 1. The lowest BCUT2D eigenvalue weighted by Crippen LogP contribution is -2.49. The molecular weight excluding hydrogens is 446 g/mol. The third-order valence-corrected chi connectivity index (χ3v) is 7.54. The van der Waals surface area contributed by atoms with E-state index in [1.54, 1.807) is 12.1 Å². The lowest BCUT2D eigenvalue weighted by atomic mass is 10.0. The van der Waals surface area contributed by atoms with E-state index in [0.29, 0.717) is 6.04 Å². The van der Waals surface area contributed by atoms with Crippen LogP contribution in [0.25, 0.3) is 0 Å². The molecule has 0 bridgehead atoms. The van der Waals surface area contributed by atoms with Crippen LogP contribution >= 0.6 is 0 Å². The highest BCUT2D eigenvalue weighted by atomic mass is 32.2. The van der Waals surface area contributed by atoms with Crippen molar-refractivity contribution in [3.8, 4) is 0 Å². The number of quaternary nitrogens is 1. The number of likely N-dealkylation sites (N-methyl/N-ethyl adjacent to an activating group) is 1. The van der Waals surface area contributed by atoms with E-state index in [-0.39, 0.29) is 11.0 Å². The molecule has 0 radical (unpaired) electrons. The summed E-state index contributed by atoms with van der Waals surface area (Å²) in [6.07, 6.45) is 18.8. The van der Waals surface area contributed by atoms with Gasteiger partial charge in [0.05, 0.1) is 26.0 Å². The third-order valence-electron chi connectivity index (χ3n) is 6.69. The molecule has 2 atom stereocenters. The molecular formula is C28H53NO4S. The summed E-state index contributed by atoms with van der Waals surface area (Å²) in [4.78, 5) is -0.178. The summed E-state index contributed by atoms with van der Waals surface area (Å²) >= 11 is 0. The molecule has 0 aromatic heterocycles. The molecule has 1 N–H and O–H groups in total. The Kier molecular flexibility index (Phi) is 17.8. The minimum absolute atomic E-state index is 0.150. The Hall–Kier alpha value is -0.950. The normalized spacial score (nSPS) is 13.8. The number of unbranched alkanes of at least 4 members (excludes halogenated alkanes) is 12. The number of aliphatic hydroxyl groups is 1. The first-order valence-electron chi connectivity index (χ1n) is 13.4. The monoisotopic (exact) mass is 499 g/mol. The number of rotatable bonds is 17. The first-order chi connectivity index (χ1) is 15.9. The number of hydrogen-bond acceptors (Lipinski definition) is 4. The highest BCUT2D eigenvalue weighted by Crippen LogP contribution is 2.16. The zero-order valence-electron chi connectivity index (χ0n) is 22.9. The summed E-state index contributed by atoms with van der Waals surface area (Å²) in [7, 11) is 2.22. The number of hydrogen-bond donors (Lipinski definition) is 1. The van der Waals surface area contributed by atoms with Gasteiger partial charge in [0, 0.05) is 0 Å². The van der Waals surface area contributed by atoms with Crippen LogP contribution in [0, 0.1) is 6.92 Å². The second kappa shape index (κ2) is 18.3. The van der Waals surface area contributed by atoms with Gasteiger partial charge in [0.25, 0.3) is 0 Å². The van der Waals surface area contributed by atoms with Gasteiger partial charge < -0.3 is 14.1 Å². The zero-order chi connectivity index (χ0) is 26.0. The molecule has 1 rings (SSSR count). The Balaban J connectivity index is 0.000000818. The Bertz CT molecular complexity index is 711. The molecule has 0 amide bonds. The summed E-state index contributed by atoms with van der Waals surface area (Å²) in [5.41, 5.74) is 0.928. The molecule has 0 aliphatic rings. The summed E-state index contributed by atoms with van der Waals surface area (Å²) < 4.78 is 32.0.